The predicted molar refractivity (Wildman–Crippen MR) is 256 cm³/mol. The number of carbonyl (C=O) groups is 3. The van der Waals surface area contributed by atoms with Gasteiger partial charge in [0, 0.05) is 19.3 Å². The molecule has 0 bridgehead atoms. The maximum Gasteiger partial charge on any atom is 0.306 e. The lowest BCUT2D eigenvalue weighted by Gasteiger charge is -2.18. The molecule has 0 amide bonds. The normalized spacial score (nSPS) is 12.2. The van der Waals surface area contributed by atoms with Crippen molar-refractivity contribution in [3.8, 4) is 0 Å². The van der Waals surface area contributed by atoms with Gasteiger partial charge in [0.05, 0.1) is 0 Å². The van der Waals surface area contributed by atoms with Crippen molar-refractivity contribution in [2.45, 2.75) is 277 Å². The molecule has 0 aromatic rings. The third kappa shape index (κ3) is 46.7. The predicted octanol–water partition coefficient (Wildman–Crippen LogP) is 16.9. The van der Waals surface area contributed by atoms with Gasteiger partial charge in [-0.25, -0.2) is 0 Å². The minimum absolute atomic E-state index is 0.0752. The van der Waals surface area contributed by atoms with Crippen LogP contribution in [-0.2, 0) is 28.6 Å². The van der Waals surface area contributed by atoms with Gasteiger partial charge in [-0.1, -0.05) is 231 Å². The van der Waals surface area contributed by atoms with E-state index in [1.807, 2.05) is 0 Å². The highest BCUT2D eigenvalue weighted by molar-refractivity contribution is 5.71. The molecule has 0 aliphatic carbocycles. The van der Waals surface area contributed by atoms with Crippen LogP contribution >= 0.6 is 0 Å². The number of carbonyl (C=O) groups excluding carboxylic acids is 3. The zero-order valence-corrected chi connectivity index (χ0v) is 40.0. The number of unbranched alkanes of at least 4 members (excludes halogenated alkanes) is 30. The largest absolute Gasteiger partial charge is 0.462 e. The van der Waals surface area contributed by atoms with Gasteiger partial charge in [-0.15, -0.1) is 0 Å². The fourth-order valence-corrected chi connectivity index (χ4v) is 7.45. The molecule has 1 unspecified atom stereocenters. The van der Waals surface area contributed by atoms with Crippen molar-refractivity contribution in [3.63, 3.8) is 0 Å². The van der Waals surface area contributed by atoms with E-state index in [4.69, 9.17) is 14.2 Å². The smallest absolute Gasteiger partial charge is 0.306 e. The Labute approximate surface area is 372 Å². The molecule has 1 atom stereocenters. The molecule has 0 spiro atoms. The fourth-order valence-electron chi connectivity index (χ4n) is 7.45. The summed E-state index contributed by atoms with van der Waals surface area (Å²) in [5.41, 5.74) is 0. The summed E-state index contributed by atoms with van der Waals surface area (Å²) in [7, 11) is 0. The number of allylic oxidation sites excluding steroid dienone is 6. The standard InChI is InChI=1S/C54H98O6/c1-4-7-10-13-16-19-22-25-26-27-28-30-32-35-38-41-44-47-53(56)59-50-51(49-58-52(55)46-43-40-37-34-31-24-21-18-15-12-9-6-3)60-54(57)48-45-42-39-36-33-29-23-20-17-14-11-8-5-2/h16,19,25-26,28,30,51H,4-15,17-18,20-24,27,29,31-50H2,1-3H3. The maximum atomic E-state index is 12.8. The third-order valence-electron chi connectivity index (χ3n) is 11.4. The highest BCUT2D eigenvalue weighted by Crippen LogP contribution is 2.16. The van der Waals surface area contributed by atoms with Crippen LogP contribution in [0.5, 0.6) is 0 Å². The molecular formula is C54H98O6. The summed E-state index contributed by atoms with van der Waals surface area (Å²) in [6.07, 6.45) is 56.9. The summed E-state index contributed by atoms with van der Waals surface area (Å²) in [5, 5.41) is 0. The molecule has 0 fully saturated rings. The Bertz CT molecular complexity index is 1020. The molecule has 6 nitrogen and oxygen atoms in total. The van der Waals surface area contributed by atoms with Crippen LogP contribution in [0.1, 0.15) is 271 Å². The van der Waals surface area contributed by atoms with Gasteiger partial charge in [0.1, 0.15) is 13.2 Å². The lowest BCUT2D eigenvalue weighted by Crippen LogP contribution is -2.30. The van der Waals surface area contributed by atoms with Crippen molar-refractivity contribution in [1.29, 1.82) is 0 Å². The van der Waals surface area contributed by atoms with Crippen LogP contribution in [0.3, 0.4) is 0 Å². The second-order valence-electron chi connectivity index (χ2n) is 17.4. The average Bonchev–Trinajstić information content (AvgIpc) is 3.24. The molecule has 0 saturated carbocycles. The first-order valence-corrected chi connectivity index (χ1v) is 26.0. The van der Waals surface area contributed by atoms with E-state index in [-0.39, 0.29) is 31.1 Å². The van der Waals surface area contributed by atoms with Crippen LogP contribution in [-0.4, -0.2) is 37.2 Å². The van der Waals surface area contributed by atoms with Crippen molar-refractivity contribution >= 4 is 17.9 Å². The van der Waals surface area contributed by atoms with Crippen molar-refractivity contribution in [2.24, 2.45) is 0 Å². The van der Waals surface area contributed by atoms with E-state index in [0.29, 0.717) is 19.3 Å². The van der Waals surface area contributed by atoms with Gasteiger partial charge < -0.3 is 14.2 Å². The summed E-state index contributed by atoms with van der Waals surface area (Å²) in [4.78, 5) is 37.9. The molecule has 0 aromatic heterocycles. The van der Waals surface area contributed by atoms with E-state index in [1.165, 1.54) is 148 Å². The Hall–Kier alpha value is -2.37. The summed E-state index contributed by atoms with van der Waals surface area (Å²) >= 11 is 0. The van der Waals surface area contributed by atoms with E-state index in [9.17, 15) is 14.4 Å². The summed E-state index contributed by atoms with van der Waals surface area (Å²) < 4.78 is 16.8. The first kappa shape index (κ1) is 57.6. The molecular weight excluding hydrogens is 745 g/mol. The minimum atomic E-state index is -0.775. The summed E-state index contributed by atoms with van der Waals surface area (Å²) in [6, 6.07) is 0. The van der Waals surface area contributed by atoms with Crippen molar-refractivity contribution in [1.82, 2.24) is 0 Å². The molecule has 0 radical (unpaired) electrons. The first-order chi connectivity index (χ1) is 29.5. The highest BCUT2D eigenvalue weighted by Gasteiger charge is 2.19. The topological polar surface area (TPSA) is 78.9 Å². The molecule has 6 heteroatoms. The Morgan fingerprint density at radius 3 is 0.967 bits per heavy atom. The Kier molecular flexibility index (Phi) is 47.3. The zero-order chi connectivity index (χ0) is 43.7. The molecule has 0 rings (SSSR count). The molecule has 0 aliphatic heterocycles. The quantitative estimate of drug-likeness (QED) is 0.0263. The summed E-state index contributed by atoms with van der Waals surface area (Å²) in [6.45, 7) is 6.61. The molecule has 350 valence electrons. The molecule has 0 saturated heterocycles. The van der Waals surface area contributed by atoms with E-state index in [1.54, 1.807) is 0 Å². The first-order valence-electron chi connectivity index (χ1n) is 26.0. The van der Waals surface area contributed by atoms with Gasteiger partial charge in [-0.3, -0.25) is 14.4 Å². The number of hydrogen-bond donors (Lipinski definition) is 0. The van der Waals surface area contributed by atoms with E-state index in [2.05, 4.69) is 57.2 Å². The fraction of sp³-hybridized carbons (Fsp3) is 0.833. The van der Waals surface area contributed by atoms with Crippen molar-refractivity contribution in [2.75, 3.05) is 13.2 Å². The molecule has 60 heavy (non-hydrogen) atoms. The van der Waals surface area contributed by atoms with Gasteiger partial charge in [-0.2, -0.15) is 0 Å². The van der Waals surface area contributed by atoms with Crippen LogP contribution in [0.25, 0.3) is 0 Å². The third-order valence-corrected chi connectivity index (χ3v) is 11.4. The van der Waals surface area contributed by atoms with Crippen LogP contribution < -0.4 is 0 Å². The van der Waals surface area contributed by atoms with Crippen LogP contribution in [0.2, 0.25) is 0 Å². The second-order valence-corrected chi connectivity index (χ2v) is 17.4. The van der Waals surface area contributed by atoms with Crippen LogP contribution in [0.4, 0.5) is 0 Å². The monoisotopic (exact) mass is 843 g/mol. The lowest BCUT2D eigenvalue weighted by molar-refractivity contribution is -0.167. The summed E-state index contributed by atoms with van der Waals surface area (Å²) in [5.74, 6) is -0.887. The van der Waals surface area contributed by atoms with Crippen molar-refractivity contribution < 1.29 is 28.6 Å². The lowest BCUT2D eigenvalue weighted by atomic mass is 10.0. The van der Waals surface area contributed by atoms with E-state index in [0.717, 1.165) is 83.5 Å². The molecule has 0 heterocycles. The van der Waals surface area contributed by atoms with Gasteiger partial charge in [0.15, 0.2) is 6.10 Å². The van der Waals surface area contributed by atoms with Gasteiger partial charge in [0.25, 0.3) is 0 Å². The molecule has 0 aromatic carbocycles. The maximum absolute atomic E-state index is 12.8. The van der Waals surface area contributed by atoms with Crippen molar-refractivity contribution in [3.05, 3.63) is 36.5 Å². The average molecular weight is 843 g/mol. The zero-order valence-electron chi connectivity index (χ0n) is 40.0. The van der Waals surface area contributed by atoms with Gasteiger partial charge >= 0.3 is 17.9 Å². The highest BCUT2D eigenvalue weighted by atomic mass is 16.6. The Morgan fingerprint density at radius 1 is 0.333 bits per heavy atom. The number of ether oxygens (including phenoxy) is 3. The Morgan fingerprint density at radius 2 is 0.600 bits per heavy atom. The SMILES string of the molecule is CCCCCC=CCC=CCC=CCCCCCCC(=O)OCC(COC(=O)CCCCCCCCCCCCCC)OC(=O)CCCCCCCCCCCCCCC. The molecule has 0 aliphatic rings. The minimum Gasteiger partial charge on any atom is -0.462 e. The van der Waals surface area contributed by atoms with E-state index < -0.39 is 6.10 Å². The Balaban J connectivity index is 4.38. The van der Waals surface area contributed by atoms with E-state index >= 15 is 0 Å². The van der Waals surface area contributed by atoms with Gasteiger partial charge in [0.2, 0.25) is 0 Å². The molecule has 0 N–H and O–H groups in total. The number of rotatable bonds is 47. The second kappa shape index (κ2) is 49.3. The van der Waals surface area contributed by atoms with Crippen LogP contribution in [0.15, 0.2) is 36.5 Å². The van der Waals surface area contributed by atoms with Crippen LogP contribution in [0, 0.1) is 0 Å². The number of hydrogen-bond acceptors (Lipinski definition) is 6. The van der Waals surface area contributed by atoms with Gasteiger partial charge in [-0.05, 0) is 57.8 Å². The number of esters is 3.